The highest BCUT2D eigenvalue weighted by Gasteiger charge is 2.17. The smallest absolute Gasteiger partial charge is 0.261 e. The minimum absolute atomic E-state index is 0.238. The summed E-state index contributed by atoms with van der Waals surface area (Å²) in [6.07, 6.45) is 1.44. The molecule has 0 aliphatic heterocycles. The molecule has 21 heavy (non-hydrogen) atoms. The molecule has 0 radical (unpaired) electrons. The summed E-state index contributed by atoms with van der Waals surface area (Å²) in [6.45, 7) is 2.01. The largest absolute Gasteiger partial charge is 0.355 e. The Kier molecular flexibility index (Phi) is 3.51. The summed E-state index contributed by atoms with van der Waals surface area (Å²) in [7, 11) is 0. The van der Waals surface area contributed by atoms with Crippen LogP contribution in [0.25, 0.3) is 11.3 Å². The van der Waals surface area contributed by atoms with Gasteiger partial charge in [-0.1, -0.05) is 53.2 Å². The molecule has 0 fully saturated rings. The zero-order valence-corrected chi connectivity index (χ0v) is 11.5. The number of anilines is 1. The highest BCUT2D eigenvalue weighted by Crippen LogP contribution is 2.24. The van der Waals surface area contributed by atoms with E-state index in [0.717, 1.165) is 16.8 Å². The summed E-state index contributed by atoms with van der Waals surface area (Å²) >= 11 is 0. The zero-order valence-electron chi connectivity index (χ0n) is 11.5. The van der Waals surface area contributed by atoms with Crippen LogP contribution in [0.1, 0.15) is 15.9 Å². The van der Waals surface area contributed by atoms with Gasteiger partial charge in [0, 0.05) is 11.3 Å². The van der Waals surface area contributed by atoms with Crippen LogP contribution in [0.5, 0.6) is 0 Å². The van der Waals surface area contributed by atoms with Crippen molar-refractivity contribution < 1.29 is 9.32 Å². The molecule has 104 valence electrons. The lowest BCUT2D eigenvalue weighted by molar-refractivity contribution is 0.102. The molecule has 2 aromatic carbocycles. The first-order valence-electron chi connectivity index (χ1n) is 6.62. The predicted molar refractivity (Wildman–Crippen MR) is 81.1 cm³/mol. The van der Waals surface area contributed by atoms with Crippen LogP contribution >= 0.6 is 0 Å². The van der Waals surface area contributed by atoms with Crippen molar-refractivity contribution in [2.75, 3.05) is 5.32 Å². The predicted octanol–water partition coefficient (Wildman–Crippen LogP) is 3.90. The molecular formula is C17H14N2O2. The number of para-hydroxylation sites is 1. The number of aryl methyl sites for hydroxylation is 1. The first kappa shape index (κ1) is 13.1. The lowest BCUT2D eigenvalue weighted by Gasteiger charge is -2.04. The number of hydrogen-bond acceptors (Lipinski definition) is 3. The average molecular weight is 278 g/mol. The average Bonchev–Trinajstić information content (AvgIpc) is 2.98. The molecule has 0 spiro atoms. The van der Waals surface area contributed by atoms with E-state index in [1.165, 1.54) is 6.20 Å². The molecule has 1 aromatic heterocycles. The maximum absolute atomic E-state index is 12.3. The Balaban J connectivity index is 1.88. The van der Waals surface area contributed by atoms with Gasteiger partial charge in [-0.05, 0) is 19.1 Å². The molecule has 0 aliphatic rings. The summed E-state index contributed by atoms with van der Waals surface area (Å²) in [6, 6.07) is 17.0. The molecule has 3 aromatic rings. The lowest BCUT2D eigenvalue weighted by Crippen LogP contribution is -2.11. The maximum Gasteiger partial charge on any atom is 0.261 e. The SMILES string of the molecule is Cc1ccc(-c2oncc2C(=O)Nc2ccccc2)cc1. The fourth-order valence-corrected chi connectivity index (χ4v) is 2.03. The number of carbonyl (C=O) groups is 1. The van der Waals surface area contributed by atoms with Crippen LogP contribution in [0.15, 0.2) is 65.3 Å². The molecule has 4 nitrogen and oxygen atoms in total. The van der Waals surface area contributed by atoms with Gasteiger partial charge in [0.1, 0.15) is 5.56 Å². The van der Waals surface area contributed by atoms with Crippen LogP contribution in [-0.2, 0) is 0 Å². The van der Waals surface area contributed by atoms with Crippen LogP contribution in [0.4, 0.5) is 5.69 Å². The van der Waals surface area contributed by atoms with Crippen molar-refractivity contribution in [2.45, 2.75) is 6.92 Å². The molecule has 0 atom stereocenters. The molecule has 1 N–H and O–H groups in total. The minimum atomic E-state index is -0.238. The van der Waals surface area contributed by atoms with Crippen molar-refractivity contribution in [3.8, 4) is 11.3 Å². The minimum Gasteiger partial charge on any atom is -0.355 e. The van der Waals surface area contributed by atoms with Crippen LogP contribution < -0.4 is 5.32 Å². The van der Waals surface area contributed by atoms with Gasteiger partial charge in [0.25, 0.3) is 5.91 Å². The number of carbonyl (C=O) groups excluding carboxylic acids is 1. The number of aromatic nitrogens is 1. The molecule has 0 aliphatic carbocycles. The highest BCUT2D eigenvalue weighted by molar-refractivity contribution is 6.07. The second-order valence-electron chi connectivity index (χ2n) is 4.75. The van der Waals surface area contributed by atoms with E-state index in [0.29, 0.717) is 11.3 Å². The van der Waals surface area contributed by atoms with Gasteiger partial charge in [0.15, 0.2) is 5.76 Å². The Labute approximate surface area is 122 Å². The Morgan fingerprint density at radius 2 is 1.76 bits per heavy atom. The van der Waals surface area contributed by atoms with Crippen molar-refractivity contribution >= 4 is 11.6 Å². The second-order valence-corrected chi connectivity index (χ2v) is 4.75. The van der Waals surface area contributed by atoms with E-state index in [1.54, 1.807) is 0 Å². The van der Waals surface area contributed by atoms with E-state index >= 15 is 0 Å². The Hall–Kier alpha value is -2.88. The van der Waals surface area contributed by atoms with E-state index in [1.807, 2.05) is 61.5 Å². The van der Waals surface area contributed by atoms with Gasteiger partial charge in [0.2, 0.25) is 0 Å². The number of benzene rings is 2. The van der Waals surface area contributed by atoms with Gasteiger partial charge in [-0.2, -0.15) is 0 Å². The Morgan fingerprint density at radius 1 is 1.05 bits per heavy atom. The van der Waals surface area contributed by atoms with Crippen molar-refractivity contribution in [2.24, 2.45) is 0 Å². The molecular weight excluding hydrogens is 264 g/mol. The van der Waals surface area contributed by atoms with Crippen molar-refractivity contribution in [3.05, 3.63) is 71.9 Å². The standard InChI is InChI=1S/C17H14N2O2/c1-12-7-9-13(10-8-12)16-15(11-18-21-16)17(20)19-14-5-3-2-4-6-14/h2-11H,1H3,(H,19,20). The first-order chi connectivity index (χ1) is 10.2. The van der Waals surface area contributed by atoms with Gasteiger partial charge < -0.3 is 9.84 Å². The van der Waals surface area contributed by atoms with E-state index in [4.69, 9.17) is 4.52 Å². The molecule has 0 bridgehead atoms. The second kappa shape index (κ2) is 5.63. The fourth-order valence-electron chi connectivity index (χ4n) is 2.03. The summed E-state index contributed by atoms with van der Waals surface area (Å²) in [4.78, 5) is 12.3. The Bertz CT molecular complexity index is 746. The molecule has 4 heteroatoms. The normalized spacial score (nSPS) is 10.3. The third-order valence-corrected chi connectivity index (χ3v) is 3.16. The van der Waals surface area contributed by atoms with Gasteiger partial charge in [-0.25, -0.2) is 0 Å². The summed E-state index contributed by atoms with van der Waals surface area (Å²) < 4.78 is 5.24. The molecule has 1 heterocycles. The van der Waals surface area contributed by atoms with Gasteiger partial charge in [0.05, 0.1) is 6.20 Å². The van der Waals surface area contributed by atoms with Gasteiger partial charge in [-0.3, -0.25) is 4.79 Å². The fraction of sp³-hybridized carbons (Fsp3) is 0.0588. The third kappa shape index (κ3) is 2.84. The van der Waals surface area contributed by atoms with E-state index in [2.05, 4.69) is 10.5 Å². The van der Waals surface area contributed by atoms with E-state index in [-0.39, 0.29) is 5.91 Å². The van der Waals surface area contributed by atoms with Crippen molar-refractivity contribution in [1.82, 2.24) is 5.16 Å². The van der Waals surface area contributed by atoms with Crippen LogP contribution in [-0.4, -0.2) is 11.1 Å². The van der Waals surface area contributed by atoms with Crippen LogP contribution in [0.3, 0.4) is 0 Å². The van der Waals surface area contributed by atoms with Gasteiger partial charge >= 0.3 is 0 Å². The van der Waals surface area contributed by atoms with Gasteiger partial charge in [-0.15, -0.1) is 0 Å². The van der Waals surface area contributed by atoms with E-state index in [9.17, 15) is 4.79 Å². The number of rotatable bonds is 3. The van der Waals surface area contributed by atoms with Crippen LogP contribution in [0.2, 0.25) is 0 Å². The monoisotopic (exact) mass is 278 g/mol. The number of nitrogens with zero attached hydrogens (tertiary/aromatic N) is 1. The van der Waals surface area contributed by atoms with E-state index < -0.39 is 0 Å². The Morgan fingerprint density at radius 3 is 2.48 bits per heavy atom. The van der Waals surface area contributed by atoms with Crippen molar-refractivity contribution in [3.63, 3.8) is 0 Å². The highest BCUT2D eigenvalue weighted by atomic mass is 16.5. The number of nitrogens with one attached hydrogen (secondary N) is 1. The van der Waals surface area contributed by atoms with Crippen molar-refractivity contribution in [1.29, 1.82) is 0 Å². The summed E-state index contributed by atoms with van der Waals surface area (Å²) in [5.41, 5.74) is 3.13. The number of hydrogen-bond donors (Lipinski definition) is 1. The van der Waals surface area contributed by atoms with Crippen LogP contribution in [0, 0.1) is 6.92 Å². The maximum atomic E-state index is 12.3. The molecule has 3 rings (SSSR count). The molecule has 0 unspecified atom stereocenters. The molecule has 0 saturated heterocycles. The quantitative estimate of drug-likeness (QED) is 0.790. The number of amides is 1. The first-order valence-corrected chi connectivity index (χ1v) is 6.62. The third-order valence-electron chi connectivity index (χ3n) is 3.16. The molecule has 1 amide bonds. The summed E-state index contributed by atoms with van der Waals surface area (Å²) in [5.74, 6) is 0.237. The summed E-state index contributed by atoms with van der Waals surface area (Å²) in [5, 5.41) is 6.57. The zero-order chi connectivity index (χ0) is 14.7. The molecule has 0 saturated carbocycles. The topological polar surface area (TPSA) is 55.1 Å². The lowest BCUT2D eigenvalue weighted by atomic mass is 10.1.